The number of imide groups is 1. The Balaban J connectivity index is 1.67. The third-order valence-corrected chi connectivity index (χ3v) is 6.80. The summed E-state index contributed by atoms with van der Waals surface area (Å²) in [7, 11) is 0. The van der Waals surface area contributed by atoms with Crippen molar-refractivity contribution in [1.29, 1.82) is 0 Å². The molecule has 1 aromatic heterocycles. The molecule has 1 aliphatic heterocycles. The fourth-order valence-corrected chi connectivity index (χ4v) is 5.08. The Kier molecular flexibility index (Phi) is 6.54. The number of thiophene rings is 1. The molecule has 1 atom stereocenters. The molecular weight excluding hydrogens is 476 g/mol. The number of nitrogens with one attached hydrogen (secondary N) is 1. The lowest BCUT2D eigenvalue weighted by Crippen LogP contribution is -2.45. The van der Waals surface area contributed by atoms with Gasteiger partial charge >= 0.3 is 5.97 Å². The molecule has 2 heterocycles. The number of ether oxygens (including phenoxy) is 1. The van der Waals surface area contributed by atoms with Crippen LogP contribution in [0.5, 0.6) is 0 Å². The first-order valence-electron chi connectivity index (χ1n) is 10.6. The molecule has 0 fully saturated rings. The number of aryl methyl sites for hydroxylation is 1. The van der Waals surface area contributed by atoms with E-state index in [1.165, 1.54) is 18.3 Å². The molecule has 1 unspecified atom stereocenters. The van der Waals surface area contributed by atoms with E-state index in [0.717, 1.165) is 15.3 Å². The zero-order valence-corrected chi connectivity index (χ0v) is 20.3. The van der Waals surface area contributed by atoms with Crippen molar-refractivity contribution in [3.05, 3.63) is 75.1 Å². The molecular formula is C25H21ClN2O5S. The number of hydrogen-bond acceptors (Lipinski definition) is 6. The van der Waals surface area contributed by atoms with Crippen molar-refractivity contribution in [1.82, 2.24) is 4.90 Å². The second-order valence-electron chi connectivity index (χ2n) is 7.66. The van der Waals surface area contributed by atoms with E-state index >= 15 is 0 Å². The fourth-order valence-electron chi connectivity index (χ4n) is 3.89. The molecule has 1 N–H and O–H groups in total. The maximum atomic E-state index is 13.2. The predicted molar refractivity (Wildman–Crippen MR) is 130 cm³/mol. The molecule has 34 heavy (non-hydrogen) atoms. The molecule has 0 saturated heterocycles. The molecule has 2 aromatic carbocycles. The number of fused-ring (bicyclic) bond motifs is 1. The van der Waals surface area contributed by atoms with Gasteiger partial charge in [-0.2, -0.15) is 0 Å². The predicted octanol–water partition coefficient (Wildman–Crippen LogP) is 5.18. The number of rotatable bonds is 6. The Morgan fingerprint density at radius 3 is 2.21 bits per heavy atom. The minimum Gasteiger partial charge on any atom is -0.462 e. The third kappa shape index (κ3) is 4.10. The lowest BCUT2D eigenvalue weighted by Gasteiger charge is -2.21. The molecule has 9 heteroatoms. The number of halogens is 1. The molecule has 3 aromatic rings. The van der Waals surface area contributed by atoms with Crippen LogP contribution in [0, 0.1) is 6.92 Å². The molecule has 0 saturated carbocycles. The van der Waals surface area contributed by atoms with Crippen LogP contribution in [0.25, 0.3) is 11.1 Å². The SMILES string of the molecule is CCOC(=O)c1c(NC(=O)C(C)N2C(=O)c3ccccc3C2=O)sc(C)c1-c1ccc(Cl)cc1. The Bertz CT molecular complexity index is 1280. The van der Waals surface area contributed by atoms with Gasteiger partial charge in [0, 0.05) is 15.5 Å². The molecule has 0 radical (unpaired) electrons. The van der Waals surface area contributed by atoms with E-state index in [1.54, 1.807) is 55.5 Å². The van der Waals surface area contributed by atoms with E-state index in [2.05, 4.69) is 5.32 Å². The number of carbonyl (C=O) groups excluding carboxylic acids is 4. The summed E-state index contributed by atoms with van der Waals surface area (Å²) in [6, 6.07) is 12.3. The number of benzene rings is 2. The Morgan fingerprint density at radius 1 is 1.06 bits per heavy atom. The van der Waals surface area contributed by atoms with Crippen LogP contribution in [-0.2, 0) is 9.53 Å². The van der Waals surface area contributed by atoms with Gasteiger partial charge < -0.3 is 10.1 Å². The molecule has 3 amide bonds. The molecule has 174 valence electrons. The molecule has 7 nitrogen and oxygen atoms in total. The summed E-state index contributed by atoms with van der Waals surface area (Å²) in [5.41, 5.74) is 2.11. The van der Waals surface area contributed by atoms with Crippen LogP contribution in [0.3, 0.4) is 0 Å². The van der Waals surface area contributed by atoms with Crippen LogP contribution in [0.15, 0.2) is 48.5 Å². The van der Waals surface area contributed by atoms with Crippen LogP contribution in [0.2, 0.25) is 5.02 Å². The molecule has 0 spiro atoms. The summed E-state index contributed by atoms with van der Waals surface area (Å²) in [5, 5.41) is 3.58. The Labute approximate surface area is 205 Å². The number of nitrogens with zero attached hydrogens (tertiary/aromatic N) is 1. The number of carbonyl (C=O) groups is 4. The van der Waals surface area contributed by atoms with Crippen molar-refractivity contribution in [3.63, 3.8) is 0 Å². The van der Waals surface area contributed by atoms with Crippen LogP contribution >= 0.6 is 22.9 Å². The largest absolute Gasteiger partial charge is 0.462 e. The van der Waals surface area contributed by atoms with Gasteiger partial charge in [0.1, 0.15) is 16.6 Å². The van der Waals surface area contributed by atoms with E-state index in [1.807, 2.05) is 6.92 Å². The second-order valence-corrected chi connectivity index (χ2v) is 9.32. The van der Waals surface area contributed by atoms with Gasteiger partial charge in [0.05, 0.1) is 17.7 Å². The highest BCUT2D eigenvalue weighted by atomic mass is 35.5. The summed E-state index contributed by atoms with van der Waals surface area (Å²) < 4.78 is 5.26. The standard InChI is InChI=1S/C25H21ClN2O5S/c1-4-33-25(32)20-19(15-9-11-16(26)12-10-15)14(3)34-22(20)27-21(29)13(2)28-23(30)17-7-5-6-8-18(17)24(28)31/h5-13H,4H2,1-3H3,(H,27,29). The van der Waals surface area contributed by atoms with Gasteiger partial charge in [0.25, 0.3) is 11.8 Å². The number of anilines is 1. The van der Waals surface area contributed by atoms with Gasteiger partial charge in [-0.1, -0.05) is 35.9 Å². The minimum atomic E-state index is -1.09. The van der Waals surface area contributed by atoms with E-state index in [-0.39, 0.29) is 28.3 Å². The first-order valence-corrected chi connectivity index (χ1v) is 11.8. The Morgan fingerprint density at radius 2 is 1.65 bits per heavy atom. The van der Waals surface area contributed by atoms with Crippen molar-refractivity contribution < 1.29 is 23.9 Å². The maximum Gasteiger partial charge on any atom is 0.341 e. The van der Waals surface area contributed by atoms with Crippen LogP contribution in [0.1, 0.15) is 49.8 Å². The summed E-state index contributed by atoms with van der Waals surface area (Å²) in [6.45, 7) is 5.16. The number of esters is 1. The van der Waals surface area contributed by atoms with E-state index in [9.17, 15) is 19.2 Å². The highest BCUT2D eigenvalue weighted by Gasteiger charge is 2.41. The third-order valence-electron chi connectivity index (χ3n) is 5.53. The van der Waals surface area contributed by atoms with E-state index in [0.29, 0.717) is 10.6 Å². The topological polar surface area (TPSA) is 92.8 Å². The summed E-state index contributed by atoms with van der Waals surface area (Å²) in [6.07, 6.45) is 0. The summed E-state index contributed by atoms with van der Waals surface area (Å²) in [5.74, 6) is -2.24. The van der Waals surface area contributed by atoms with Gasteiger partial charge in [0.2, 0.25) is 5.91 Å². The summed E-state index contributed by atoms with van der Waals surface area (Å²) in [4.78, 5) is 53.3. The number of hydrogen-bond donors (Lipinski definition) is 1. The molecule has 0 aliphatic carbocycles. The van der Waals surface area contributed by atoms with Gasteiger partial charge in [-0.25, -0.2) is 4.79 Å². The summed E-state index contributed by atoms with van der Waals surface area (Å²) >= 11 is 7.23. The lowest BCUT2D eigenvalue weighted by molar-refractivity contribution is -0.119. The zero-order valence-electron chi connectivity index (χ0n) is 18.7. The van der Waals surface area contributed by atoms with Crippen LogP contribution in [0.4, 0.5) is 5.00 Å². The first kappa shape index (κ1) is 23.7. The first-order chi connectivity index (χ1) is 16.2. The van der Waals surface area contributed by atoms with Crippen LogP contribution < -0.4 is 5.32 Å². The van der Waals surface area contributed by atoms with Crippen LogP contribution in [-0.4, -0.2) is 41.2 Å². The van der Waals surface area contributed by atoms with Gasteiger partial charge in [-0.3, -0.25) is 19.3 Å². The van der Waals surface area contributed by atoms with Gasteiger partial charge in [0.15, 0.2) is 0 Å². The monoisotopic (exact) mass is 496 g/mol. The zero-order chi connectivity index (χ0) is 24.6. The van der Waals surface area contributed by atoms with Crippen molar-refractivity contribution >= 4 is 51.6 Å². The molecule has 4 rings (SSSR count). The lowest BCUT2D eigenvalue weighted by atomic mass is 10.0. The molecule has 0 bridgehead atoms. The van der Waals surface area contributed by atoms with E-state index < -0.39 is 29.7 Å². The average Bonchev–Trinajstić information content (AvgIpc) is 3.27. The van der Waals surface area contributed by atoms with Crippen molar-refractivity contribution in [2.45, 2.75) is 26.8 Å². The van der Waals surface area contributed by atoms with Crippen molar-refractivity contribution in [2.24, 2.45) is 0 Å². The average molecular weight is 497 g/mol. The number of amides is 3. The molecule has 1 aliphatic rings. The fraction of sp³-hybridized carbons (Fsp3) is 0.200. The van der Waals surface area contributed by atoms with Gasteiger partial charge in [-0.15, -0.1) is 11.3 Å². The van der Waals surface area contributed by atoms with Crippen molar-refractivity contribution in [3.8, 4) is 11.1 Å². The van der Waals surface area contributed by atoms with Gasteiger partial charge in [-0.05, 0) is 50.6 Å². The maximum absolute atomic E-state index is 13.2. The highest BCUT2D eigenvalue weighted by molar-refractivity contribution is 7.17. The quantitative estimate of drug-likeness (QED) is 0.375. The highest BCUT2D eigenvalue weighted by Crippen LogP contribution is 2.41. The minimum absolute atomic E-state index is 0.159. The second kappa shape index (κ2) is 9.40. The van der Waals surface area contributed by atoms with E-state index in [4.69, 9.17) is 16.3 Å². The normalized spacial score (nSPS) is 13.6. The van der Waals surface area contributed by atoms with Crippen molar-refractivity contribution in [2.75, 3.05) is 11.9 Å². The Hall–Kier alpha value is -3.49. The smallest absolute Gasteiger partial charge is 0.341 e.